The third-order valence-electron chi connectivity index (χ3n) is 6.45. The molecular weight excluding hydrogens is 403 g/mol. The molecule has 1 aliphatic carbocycles. The predicted octanol–water partition coefficient (Wildman–Crippen LogP) is 4.37. The number of anilines is 1. The van der Waals surface area contributed by atoms with Crippen molar-refractivity contribution in [3.63, 3.8) is 0 Å². The first kappa shape index (κ1) is 21.0. The molecule has 1 saturated carbocycles. The summed E-state index contributed by atoms with van der Waals surface area (Å²) in [6.45, 7) is 2.91. The standard InChI is InChI=1S/C23H27FN2O3S/c1-17-6-11-20(30(28,29)26-14-3-2-4-15-26)16-21(17)25-22(27)23(12-5-13-23)18-7-9-19(24)10-8-18/h6-11,16H,2-5,12-15H2,1H3,(H,25,27). The monoisotopic (exact) mass is 430 g/mol. The highest BCUT2D eigenvalue weighted by molar-refractivity contribution is 7.89. The molecule has 1 saturated heterocycles. The quantitative estimate of drug-likeness (QED) is 0.766. The summed E-state index contributed by atoms with van der Waals surface area (Å²) in [5, 5.41) is 2.97. The Hall–Kier alpha value is -2.25. The molecule has 2 aromatic rings. The fourth-order valence-electron chi connectivity index (χ4n) is 4.34. The lowest BCUT2D eigenvalue weighted by molar-refractivity contribution is -0.124. The molecule has 1 N–H and O–H groups in total. The van der Waals surface area contributed by atoms with Gasteiger partial charge in [0.2, 0.25) is 15.9 Å². The van der Waals surface area contributed by atoms with E-state index in [1.807, 2.05) is 6.92 Å². The SMILES string of the molecule is Cc1ccc(S(=O)(=O)N2CCCCC2)cc1NC(=O)C1(c2ccc(F)cc2)CCC1. The maximum Gasteiger partial charge on any atom is 0.243 e. The lowest BCUT2D eigenvalue weighted by Gasteiger charge is -2.40. The first-order valence-electron chi connectivity index (χ1n) is 10.5. The zero-order valence-electron chi connectivity index (χ0n) is 17.2. The molecule has 30 heavy (non-hydrogen) atoms. The van der Waals surface area contributed by atoms with Gasteiger partial charge in [-0.3, -0.25) is 4.79 Å². The lowest BCUT2D eigenvalue weighted by atomic mass is 9.63. The minimum absolute atomic E-state index is 0.170. The van der Waals surface area contributed by atoms with E-state index >= 15 is 0 Å². The number of hydrogen-bond donors (Lipinski definition) is 1. The van der Waals surface area contributed by atoms with E-state index in [2.05, 4.69) is 5.32 Å². The normalized spacial score (nSPS) is 19.1. The second kappa shape index (κ2) is 8.12. The number of hydrogen-bond acceptors (Lipinski definition) is 3. The molecule has 4 rings (SSSR count). The highest BCUT2D eigenvalue weighted by Gasteiger charge is 2.45. The third kappa shape index (κ3) is 3.76. The Balaban J connectivity index is 1.60. The van der Waals surface area contributed by atoms with Gasteiger partial charge in [0.15, 0.2) is 0 Å². The van der Waals surface area contributed by atoms with Crippen LogP contribution in [0.1, 0.15) is 49.7 Å². The van der Waals surface area contributed by atoms with Crippen LogP contribution in [0.25, 0.3) is 0 Å². The van der Waals surface area contributed by atoms with E-state index in [-0.39, 0.29) is 16.6 Å². The van der Waals surface area contributed by atoms with Crippen LogP contribution in [0.15, 0.2) is 47.4 Å². The summed E-state index contributed by atoms with van der Waals surface area (Å²) >= 11 is 0. The molecule has 2 aromatic carbocycles. The molecule has 1 aliphatic heterocycles. The summed E-state index contributed by atoms with van der Waals surface area (Å²) in [5.41, 5.74) is 1.41. The van der Waals surface area contributed by atoms with Crippen molar-refractivity contribution in [1.29, 1.82) is 0 Å². The number of sulfonamides is 1. The van der Waals surface area contributed by atoms with Gasteiger partial charge in [0.1, 0.15) is 5.82 Å². The molecular formula is C23H27FN2O3S. The molecule has 5 nitrogen and oxygen atoms in total. The number of nitrogens with zero attached hydrogens (tertiary/aromatic N) is 1. The van der Waals surface area contributed by atoms with Gasteiger partial charge in [0, 0.05) is 18.8 Å². The summed E-state index contributed by atoms with van der Waals surface area (Å²) < 4.78 is 40.9. The molecule has 1 amide bonds. The molecule has 0 atom stereocenters. The van der Waals surface area contributed by atoms with Gasteiger partial charge in [0.25, 0.3) is 0 Å². The Morgan fingerprint density at radius 3 is 2.27 bits per heavy atom. The van der Waals surface area contributed by atoms with Crippen molar-refractivity contribution < 1.29 is 17.6 Å². The minimum atomic E-state index is -3.58. The smallest absolute Gasteiger partial charge is 0.243 e. The molecule has 0 aromatic heterocycles. The number of rotatable bonds is 5. The molecule has 0 radical (unpaired) electrons. The van der Waals surface area contributed by atoms with Gasteiger partial charge in [-0.25, -0.2) is 12.8 Å². The number of nitrogens with one attached hydrogen (secondary N) is 1. The van der Waals surface area contributed by atoms with Crippen LogP contribution in [0.3, 0.4) is 0 Å². The Labute approximate surface area is 177 Å². The van der Waals surface area contributed by atoms with Crippen LogP contribution in [0.4, 0.5) is 10.1 Å². The average Bonchev–Trinajstić information content (AvgIpc) is 2.71. The summed E-state index contributed by atoms with van der Waals surface area (Å²) in [4.78, 5) is 13.5. The van der Waals surface area contributed by atoms with Crippen molar-refractivity contribution in [2.75, 3.05) is 18.4 Å². The molecule has 160 valence electrons. The van der Waals surface area contributed by atoms with Crippen molar-refractivity contribution in [3.05, 3.63) is 59.4 Å². The zero-order valence-corrected chi connectivity index (χ0v) is 18.0. The van der Waals surface area contributed by atoms with E-state index in [9.17, 15) is 17.6 Å². The summed E-state index contributed by atoms with van der Waals surface area (Å²) in [6, 6.07) is 11.0. The number of aryl methyl sites for hydroxylation is 1. The molecule has 0 spiro atoms. The minimum Gasteiger partial charge on any atom is -0.325 e. The van der Waals surface area contributed by atoms with Gasteiger partial charge in [0.05, 0.1) is 10.3 Å². The van der Waals surface area contributed by atoms with Crippen LogP contribution in [0.5, 0.6) is 0 Å². The van der Waals surface area contributed by atoms with Crippen LogP contribution in [-0.4, -0.2) is 31.7 Å². The van der Waals surface area contributed by atoms with Crippen molar-refractivity contribution in [2.24, 2.45) is 0 Å². The topological polar surface area (TPSA) is 66.5 Å². The lowest BCUT2D eigenvalue weighted by Crippen LogP contribution is -2.46. The fourth-order valence-corrected chi connectivity index (χ4v) is 5.88. The van der Waals surface area contributed by atoms with Crippen molar-refractivity contribution in [3.8, 4) is 0 Å². The molecule has 2 fully saturated rings. The van der Waals surface area contributed by atoms with Crippen LogP contribution < -0.4 is 5.32 Å². The maximum atomic E-state index is 13.3. The van der Waals surface area contributed by atoms with Crippen molar-refractivity contribution in [2.45, 2.75) is 55.8 Å². The van der Waals surface area contributed by atoms with Gasteiger partial charge in [-0.2, -0.15) is 4.31 Å². The molecule has 0 unspecified atom stereocenters. The Kier molecular flexibility index (Phi) is 5.68. The van der Waals surface area contributed by atoms with Gasteiger partial charge < -0.3 is 5.32 Å². The van der Waals surface area contributed by atoms with Gasteiger partial charge in [-0.1, -0.05) is 31.0 Å². The first-order chi connectivity index (χ1) is 14.3. The average molecular weight is 431 g/mol. The first-order valence-corrected chi connectivity index (χ1v) is 12.0. The number of halogens is 1. The zero-order chi connectivity index (χ0) is 21.4. The molecule has 0 bridgehead atoms. The second-order valence-electron chi connectivity index (χ2n) is 8.34. The van der Waals surface area contributed by atoms with Crippen molar-refractivity contribution >= 4 is 21.6 Å². The van der Waals surface area contributed by atoms with Crippen molar-refractivity contribution in [1.82, 2.24) is 4.31 Å². The van der Waals surface area contributed by atoms with E-state index in [0.29, 0.717) is 31.6 Å². The summed E-state index contributed by atoms with van der Waals surface area (Å²) in [6.07, 6.45) is 5.09. The van der Waals surface area contributed by atoms with Crippen LogP contribution >= 0.6 is 0 Å². The molecule has 1 heterocycles. The second-order valence-corrected chi connectivity index (χ2v) is 10.3. The fraction of sp³-hybridized carbons (Fsp3) is 0.435. The summed E-state index contributed by atoms with van der Waals surface area (Å²) in [5.74, 6) is -0.504. The highest BCUT2D eigenvalue weighted by atomic mass is 32.2. The Morgan fingerprint density at radius 1 is 1.00 bits per heavy atom. The van der Waals surface area contributed by atoms with E-state index < -0.39 is 15.4 Å². The maximum absolute atomic E-state index is 13.3. The largest absolute Gasteiger partial charge is 0.325 e. The van der Waals surface area contributed by atoms with E-state index in [0.717, 1.165) is 36.8 Å². The van der Waals surface area contributed by atoms with E-state index in [4.69, 9.17) is 0 Å². The predicted molar refractivity (Wildman–Crippen MR) is 114 cm³/mol. The number of benzene rings is 2. The van der Waals surface area contributed by atoms with Crippen LogP contribution in [0.2, 0.25) is 0 Å². The Bertz CT molecular complexity index is 1040. The number of carbonyl (C=O) groups is 1. The van der Waals surface area contributed by atoms with Gasteiger partial charge >= 0.3 is 0 Å². The molecule has 7 heteroatoms. The van der Waals surface area contributed by atoms with E-state index in [1.54, 1.807) is 30.3 Å². The number of carbonyl (C=O) groups excluding carboxylic acids is 1. The highest BCUT2D eigenvalue weighted by Crippen LogP contribution is 2.45. The Morgan fingerprint density at radius 2 is 1.67 bits per heavy atom. The number of piperidine rings is 1. The molecule has 2 aliphatic rings. The van der Waals surface area contributed by atoms with Gasteiger partial charge in [-0.05, 0) is 68.0 Å². The summed E-state index contributed by atoms with van der Waals surface area (Å²) in [7, 11) is -3.58. The van der Waals surface area contributed by atoms with E-state index in [1.165, 1.54) is 16.4 Å². The van der Waals surface area contributed by atoms with Crippen LogP contribution in [0, 0.1) is 12.7 Å². The third-order valence-corrected chi connectivity index (χ3v) is 8.34. The number of amides is 1. The van der Waals surface area contributed by atoms with Gasteiger partial charge in [-0.15, -0.1) is 0 Å². The van der Waals surface area contributed by atoms with Crippen LogP contribution in [-0.2, 0) is 20.2 Å².